The molecular weight excluding hydrogens is 336 g/mol. The molecule has 0 fully saturated rings. The van der Waals surface area contributed by atoms with Crippen molar-refractivity contribution in [1.82, 2.24) is 0 Å². The lowest BCUT2D eigenvalue weighted by Gasteiger charge is -2.10. The van der Waals surface area contributed by atoms with Gasteiger partial charge in [-0.3, -0.25) is 9.59 Å². The van der Waals surface area contributed by atoms with E-state index in [4.69, 9.17) is 11.6 Å². The second-order valence-corrected chi connectivity index (χ2v) is 7.39. The molecule has 110 valence electrons. The Morgan fingerprint density at radius 2 is 1.14 bits per heavy atom. The van der Waals surface area contributed by atoms with Gasteiger partial charge in [0.15, 0.2) is 0 Å². The first-order valence-electron chi connectivity index (χ1n) is 6.56. The minimum absolute atomic E-state index is 0.401. The molecule has 0 aliphatic heterocycles. The quantitative estimate of drug-likeness (QED) is 0.649. The highest BCUT2D eigenvalue weighted by Gasteiger charge is 2.22. The lowest BCUT2D eigenvalue weighted by atomic mass is 10.2. The van der Waals surface area contributed by atoms with Gasteiger partial charge in [0.05, 0.1) is 9.79 Å². The van der Waals surface area contributed by atoms with Crippen molar-refractivity contribution >= 4 is 35.1 Å². The molecule has 0 heterocycles. The second kappa shape index (κ2) is 6.32. The van der Waals surface area contributed by atoms with Crippen LogP contribution in [0.15, 0.2) is 77.7 Å². The zero-order valence-electron chi connectivity index (χ0n) is 11.6. The van der Waals surface area contributed by atoms with Gasteiger partial charge < -0.3 is 0 Å². The Labute approximate surface area is 141 Å². The Hall–Kier alpha value is -1.49. The van der Waals surface area contributed by atoms with Crippen molar-refractivity contribution in [3.8, 4) is 0 Å². The minimum Gasteiger partial charge on any atom is -0.284 e. The number of hydrogen-bond acceptors (Lipinski definition) is 4. The molecule has 0 aliphatic carbocycles. The van der Waals surface area contributed by atoms with Gasteiger partial charge in [-0.05, 0) is 43.3 Å². The third-order valence-corrected chi connectivity index (χ3v) is 5.68. The zero-order chi connectivity index (χ0) is 15.7. The highest BCUT2D eigenvalue weighted by Crippen LogP contribution is 2.36. The fraction of sp³-hybridized carbons (Fsp3) is 0.0588. The SMILES string of the molecule is Cc1ccc(Sc2c(Sc3ccc(Cl)cc3)c(=O)c2=O)cc1. The second-order valence-electron chi connectivity index (χ2n) is 4.79. The van der Waals surface area contributed by atoms with Crippen molar-refractivity contribution in [2.45, 2.75) is 26.5 Å². The van der Waals surface area contributed by atoms with Crippen LogP contribution in [-0.2, 0) is 0 Å². The summed E-state index contributed by atoms with van der Waals surface area (Å²) < 4.78 is 0. The molecular formula is C17H11ClO2S2. The Kier molecular flexibility index (Phi) is 4.43. The smallest absolute Gasteiger partial charge is 0.242 e. The zero-order valence-corrected chi connectivity index (χ0v) is 14.0. The Morgan fingerprint density at radius 1 is 0.727 bits per heavy atom. The van der Waals surface area contributed by atoms with E-state index in [1.807, 2.05) is 43.3 Å². The molecule has 0 aliphatic rings. The summed E-state index contributed by atoms with van der Waals surface area (Å²) >= 11 is 8.51. The minimum atomic E-state index is -0.408. The average Bonchev–Trinajstić information content (AvgIpc) is 2.54. The fourth-order valence-corrected chi connectivity index (χ4v) is 4.01. The fourth-order valence-electron chi connectivity index (χ4n) is 1.88. The van der Waals surface area contributed by atoms with Crippen molar-refractivity contribution in [1.29, 1.82) is 0 Å². The van der Waals surface area contributed by atoms with Gasteiger partial charge in [-0.25, -0.2) is 0 Å². The van der Waals surface area contributed by atoms with Gasteiger partial charge in [0.2, 0.25) is 10.9 Å². The van der Waals surface area contributed by atoms with E-state index < -0.39 is 10.9 Å². The highest BCUT2D eigenvalue weighted by atomic mass is 35.5. The van der Waals surface area contributed by atoms with Gasteiger partial charge in [-0.2, -0.15) is 0 Å². The molecule has 0 N–H and O–H groups in total. The summed E-state index contributed by atoms with van der Waals surface area (Å²) in [5.74, 6) is 0. The Morgan fingerprint density at radius 3 is 1.59 bits per heavy atom. The summed E-state index contributed by atoms with van der Waals surface area (Å²) in [6, 6.07) is 15.1. The molecule has 2 nitrogen and oxygen atoms in total. The lowest BCUT2D eigenvalue weighted by molar-refractivity contribution is 1.04. The van der Waals surface area contributed by atoms with Crippen molar-refractivity contribution in [3.05, 3.63) is 79.6 Å². The number of hydrogen-bond donors (Lipinski definition) is 0. The molecule has 0 amide bonds. The van der Waals surface area contributed by atoms with Crippen LogP contribution in [0.5, 0.6) is 0 Å². The van der Waals surface area contributed by atoms with Crippen LogP contribution >= 0.6 is 35.1 Å². The van der Waals surface area contributed by atoms with Gasteiger partial charge in [-0.1, -0.05) is 52.8 Å². The summed E-state index contributed by atoms with van der Waals surface area (Å²) in [6.45, 7) is 2.01. The van der Waals surface area contributed by atoms with E-state index >= 15 is 0 Å². The summed E-state index contributed by atoms with van der Waals surface area (Å²) in [5, 5.41) is 0.642. The van der Waals surface area contributed by atoms with E-state index in [0.29, 0.717) is 14.8 Å². The summed E-state index contributed by atoms with van der Waals surface area (Å²) in [5.41, 5.74) is 0.349. The largest absolute Gasteiger partial charge is 0.284 e. The van der Waals surface area contributed by atoms with E-state index in [2.05, 4.69) is 0 Å². The van der Waals surface area contributed by atoms with E-state index in [1.165, 1.54) is 23.5 Å². The first-order chi connectivity index (χ1) is 10.5. The maximum Gasteiger partial charge on any atom is 0.242 e. The predicted molar refractivity (Wildman–Crippen MR) is 92.2 cm³/mol. The van der Waals surface area contributed by atoms with Crippen molar-refractivity contribution in [2.24, 2.45) is 0 Å². The predicted octanol–water partition coefficient (Wildman–Crippen LogP) is 4.55. The Bertz CT molecular complexity index is 801. The van der Waals surface area contributed by atoms with Crippen LogP contribution in [0.4, 0.5) is 0 Å². The number of aryl methyl sites for hydroxylation is 1. The normalized spacial score (nSPS) is 11.0. The summed E-state index contributed by atoms with van der Waals surface area (Å²) in [6.07, 6.45) is 0. The van der Waals surface area contributed by atoms with E-state index in [-0.39, 0.29) is 0 Å². The summed E-state index contributed by atoms with van der Waals surface area (Å²) in [7, 11) is 0. The average molecular weight is 347 g/mol. The molecule has 0 aromatic heterocycles. The molecule has 3 aromatic rings. The van der Waals surface area contributed by atoms with E-state index in [0.717, 1.165) is 15.4 Å². The first-order valence-corrected chi connectivity index (χ1v) is 8.57. The molecule has 3 aromatic carbocycles. The molecule has 0 radical (unpaired) electrons. The molecule has 0 saturated heterocycles. The van der Waals surface area contributed by atoms with Gasteiger partial charge in [0.25, 0.3) is 0 Å². The van der Waals surface area contributed by atoms with Crippen molar-refractivity contribution < 1.29 is 0 Å². The van der Waals surface area contributed by atoms with E-state index in [9.17, 15) is 9.59 Å². The van der Waals surface area contributed by atoms with Crippen LogP contribution in [0.2, 0.25) is 5.02 Å². The monoisotopic (exact) mass is 346 g/mol. The van der Waals surface area contributed by atoms with Crippen molar-refractivity contribution in [3.63, 3.8) is 0 Å². The molecule has 3 rings (SSSR count). The molecule has 0 unspecified atom stereocenters. The maximum atomic E-state index is 11.8. The Balaban J connectivity index is 1.85. The molecule has 0 spiro atoms. The standard InChI is InChI=1S/C17H11ClO2S2/c1-10-2-6-12(7-3-10)21-16-14(19)15(20)17(16)22-13-8-4-11(18)5-9-13/h2-9H,1H3. The topological polar surface area (TPSA) is 34.1 Å². The maximum absolute atomic E-state index is 11.8. The van der Waals surface area contributed by atoms with Gasteiger partial charge in [0, 0.05) is 14.8 Å². The van der Waals surface area contributed by atoms with Crippen LogP contribution in [0.1, 0.15) is 5.56 Å². The molecule has 22 heavy (non-hydrogen) atoms. The number of benzene rings is 2. The molecule has 0 atom stereocenters. The molecule has 0 saturated carbocycles. The number of halogens is 1. The third kappa shape index (κ3) is 3.14. The van der Waals surface area contributed by atoms with Crippen LogP contribution in [0.3, 0.4) is 0 Å². The van der Waals surface area contributed by atoms with Crippen molar-refractivity contribution in [2.75, 3.05) is 0 Å². The van der Waals surface area contributed by atoms with Gasteiger partial charge in [0.1, 0.15) is 0 Å². The number of rotatable bonds is 4. The first kappa shape index (κ1) is 15.4. The van der Waals surface area contributed by atoms with Crippen LogP contribution in [0, 0.1) is 6.92 Å². The summed E-state index contributed by atoms with van der Waals surface area (Å²) in [4.78, 5) is 26.5. The van der Waals surface area contributed by atoms with Gasteiger partial charge >= 0.3 is 0 Å². The molecule has 0 bridgehead atoms. The highest BCUT2D eigenvalue weighted by molar-refractivity contribution is 8.02. The van der Waals surface area contributed by atoms with Crippen LogP contribution in [0.25, 0.3) is 0 Å². The van der Waals surface area contributed by atoms with Crippen LogP contribution in [-0.4, -0.2) is 0 Å². The third-order valence-electron chi connectivity index (χ3n) is 3.10. The molecule has 5 heteroatoms. The lowest BCUT2D eigenvalue weighted by Crippen LogP contribution is -2.34. The van der Waals surface area contributed by atoms with E-state index in [1.54, 1.807) is 12.1 Å². The van der Waals surface area contributed by atoms with Gasteiger partial charge in [-0.15, -0.1) is 0 Å². The van der Waals surface area contributed by atoms with Crippen LogP contribution < -0.4 is 10.9 Å².